The number of carbonyl (C=O) groups excluding carboxylic acids is 1. The van der Waals surface area contributed by atoms with E-state index < -0.39 is 0 Å². The zero-order chi connectivity index (χ0) is 15.8. The van der Waals surface area contributed by atoms with Crippen LogP contribution in [0.2, 0.25) is 0 Å². The van der Waals surface area contributed by atoms with Gasteiger partial charge < -0.3 is 19.4 Å². The molecule has 0 unspecified atom stereocenters. The summed E-state index contributed by atoms with van der Waals surface area (Å²) in [6.45, 7) is 0.824. The second kappa shape index (κ2) is 5.65. The molecule has 0 bridgehead atoms. The molecule has 2 atom stereocenters. The summed E-state index contributed by atoms with van der Waals surface area (Å²) in [7, 11) is 1.67. The van der Waals surface area contributed by atoms with Crippen molar-refractivity contribution in [2.24, 2.45) is 0 Å². The summed E-state index contributed by atoms with van der Waals surface area (Å²) in [5.74, 6) is 1.96. The third kappa shape index (κ3) is 2.46. The molecule has 1 fully saturated rings. The lowest BCUT2D eigenvalue weighted by Crippen LogP contribution is -2.35. The molecule has 1 N–H and O–H groups in total. The molecule has 2 aromatic rings. The first-order chi connectivity index (χ1) is 11.3. The van der Waals surface area contributed by atoms with E-state index in [1.54, 1.807) is 13.4 Å². The van der Waals surface area contributed by atoms with E-state index in [2.05, 4.69) is 5.32 Å². The number of ether oxygens (including phenoxy) is 1. The second-order valence-electron chi connectivity index (χ2n) is 6.11. The first-order valence-corrected chi connectivity index (χ1v) is 8.03. The Labute approximate surface area is 135 Å². The van der Waals surface area contributed by atoms with Crippen molar-refractivity contribution in [1.82, 2.24) is 4.90 Å². The third-order valence-electron chi connectivity index (χ3n) is 4.78. The second-order valence-corrected chi connectivity index (χ2v) is 6.11. The number of methoxy groups -OCH3 is 1. The summed E-state index contributed by atoms with van der Waals surface area (Å²) in [6.07, 6.45) is 4.08. The molecule has 0 saturated carbocycles. The molecule has 1 aromatic heterocycles. The van der Waals surface area contributed by atoms with Gasteiger partial charge in [0.2, 0.25) is 5.91 Å². The van der Waals surface area contributed by atoms with E-state index >= 15 is 0 Å². The fraction of sp³-hybridized carbons (Fsp3) is 0.389. The minimum atomic E-state index is 0.0615. The number of furan rings is 1. The normalized spacial score (nSPS) is 23.5. The predicted octanol–water partition coefficient (Wildman–Crippen LogP) is 3.51. The first kappa shape index (κ1) is 14.2. The Balaban J connectivity index is 1.74. The van der Waals surface area contributed by atoms with Crippen molar-refractivity contribution in [2.45, 2.75) is 31.3 Å². The van der Waals surface area contributed by atoms with Gasteiger partial charge in [-0.2, -0.15) is 0 Å². The summed E-state index contributed by atoms with van der Waals surface area (Å²) >= 11 is 0. The maximum absolute atomic E-state index is 12.3. The summed E-state index contributed by atoms with van der Waals surface area (Å²) in [5.41, 5.74) is 2.17. The Hall–Kier alpha value is -2.43. The molecule has 120 valence electrons. The lowest BCUT2D eigenvalue weighted by Gasteiger charge is -2.37. The molecule has 1 amide bonds. The van der Waals surface area contributed by atoms with Crippen molar-refractivity contribution in [3.8, 4) is 5.75 Å². The van der Waals surface area contributed by atoms with Crippen LogP contribution in [0.5, 0.6) is 5.75 Å². The zero-order valence-electron chi connectivity index (χ0n) is 13.1. The molecule has 1 saturated heterocycles. The summed E-state index contributed by atoms with van der Waals surface area (Å²) in [4.78, 5) is 14.3. The van der Waals surface area contributed by atoms with E-state index in [4.69, 9.17) is 9.15 Å². The van der Waals surface area contributed by atoms with E-state index in [0.717, 1.165) is 42.1 Å². The number of fused-ring (bicyclic) bond motifs is 1. The van der Waals surface area contributed by atoms with Gasteiger partial charge in [-0.15, -0.1) is 0 Å². The Bertz CT molecular complexity index is 711. The highest BCUT2D eigenvalue weighted by atomic mass is 16.5. The topological polar surface area (TPSA) is 54.7 Å². The zero-order valence-corrected chi connectivity index (χ0v) is 13.1. The van der Waals surface area contributed by atoms with Crippen molar-refractivity contribution in [2.75, 3.05) is 19.0 Å². The van der Waals surface area contributed by atoms with Crippen LogP contribution in [0, 0.1) is 0 Å². The third-order valence-corrected chi connectivity index (χ3v) is 4.78. The van der Waals surface area contributed by atoms with Crippen molar-refractivity contribution in [3.05, 3.63) is 47.9 Å². The molecule has 1 aromatic carbocycles. The molecule has 2 aliphatic heterocycles. The van der Waals surface area contributed by atoms with Crippen LogP contribution in [-0.4, -0.2) is 24.5 Å². The fourth-order valence-corrected chi connectivity index (χ4v) is 3.64. The number of hydrogen-bond acceptors (Lipinski definition) is 4. The van der Waals surface area contributed by atoms with E-state index in [1.165, 1.54) is 0 Å². The van der Waals surface area contributed by atoms with E-state index in [1.807, 2.05) is 35.2 Å². The van der Waals surface area contributed by atoms with Crippen LogP contribution >= 0.6 is 0 Å². The van der Waals surface area contributed by atoms with Crippen LogP contribution in [0.3, 0.4) is 0 Å². The highest BCUT2D eigenvalue weighted by molar-refractivity contribution is 5.79. The van der Waals surface area contributed by atoms with Gasteiger partial charge in [0.25, 0.3) is 0 Å². The van der Waals surface area contributed by atoms with Gasteiger partial charge in [-0.25, -0.2) is 0 Å². The van der Waals surface area contributed by atoms with Crippen LogP contribution in [-0.2, 0) is 4.79 Å². The molecule has 3 heterocycles. The Morgan fingerprint density at radius 2 is 2.26 bits per heavy atom. The van der Waals surface area contributed by atoms with Gasteiger partial charge in [-0.1, -0.05) is 0 Å². The monoisotopic (exact) mass is 312 g/mol. The molecular weight excluding hydrogens is 292 g/mol. The number of carbonyl (C=O) groups is 1. The quantitative estimate of drug-likeness (QED) is 0.942. The Morgan fingerprint density at radius 3 is 2.96 bits per heavy atom. The number of nitrogens with one attached hydrogen (secondary N) is 1. The highest BCUT2D eigenvalue weighted by Gasteiger charge is 2.36. The fourth-order valence-electron chi connectivity index (χ4n) is 3.64. The van der Waals surface area contributed by atoms with Crippen molar-refractivity contribution in [1.29, 1.82) is 0 Å². The maximum atomic E-state index is 12.3. The number of benzene rings is 1. The van der Waals surface area contributed by atoms with Gasteiger partial charge in [0.1, 0.15) is 11.5 Å². The average molecular weight is 312 g/mol. The SMILES string of the molecule is COc1ccc2c(c1)[C@@H](N1CCCC1=O)C[C@@H](c1ccco1)N2. The molecule has 0 spiro atoms. The average Bonchev–Trinajstić information content (AvgIpc) is 3.25. The van der Waals surface area contributed by atoms with Gasteiger partial charge in [0, 0.05) is 24.2 Å². The lowest BCUT2D eigenvalue weighted by molar-refractivity contribution is -0.130. The minimum Gasteiger partial charge on any atom is -0.497 e. The van der Waals surface area contributed by atoms with Crippen LogP contribution in [0.15, 0.2) is 41.0 Å². The van der Waals surface area contributed by atoms with Crippen molar-refractivity contribution < 1.29 is 13.9 Å². The van der Waals surface area contributed by atoms with Crippen LogP contribution in [0.4, 0.5) is 5.69 Å². The van der Waals surface area contributed by atoms with Crippen LogP contribution in [0.25, 0.3) is 0 Å². The van der Waals surface area contributed by atoms with Gasteiger partial charge in [0.15, 0.2) is 0 Å². The molecular formula is C18H20N2O3. The summed E-state index contributed by atoms with van der Waals surface area (Å²) in [5, 5.41) is 3.53. The summed E-state index contributed by atoms with van der Waals surface area (Å²) in [6, 6.07) is 10.0. The van der Waals surface area contributed by atoms with E-state index in [0.29, 0.717) is 6.42 Å². The number of nitrogens with zero attached hydrogens (tertiary/aromatic N) is 1. The smallest absolute Gasteiger partial charge is 0.223 e. The van der Waals surface area contributed by atoms with E-state index in [-0.39, 0.29) is 18.0 Å². The number of likely N-dealkylation sites (tertiary alicyclic amines) is 1. The van der Waals surface area contributed by atoms with Crippen molar-refractivity contribution >= 4 is 11.6 Å². The maximum Gasteiger partial charge on any atom is 0.223 e. The van der Waals surface area contributed by atoms with Crippen molar-refractivity contribution in [3.63, 3.8) is 0 Å². The van der Waals surface area contributed by atoms with Gasteiger partial charge in [-0.05, 0) is 43.2 Å². The van der Waals surface area contributed by atoms with Crippen LogP contribution in [0.1, 0.15) is 42.7 Å². The Kier molecular flexibility index (Phi) is 3.48. The van der Waals surface area contributed by atoms with E-state index in [9.17, 15) is 4.79 Å². The Morgan fingerprint density at radius 1 is 1.35 bits per heavy atom. The summed E-state index contributed by atoms with van der Waals surface area (Å²) < 4.78 is 10.9. The number of hydrogen-bond donors (Lipinski definition) is 1. The number of rotatable bonds is 3. The number of amides is 1. The first-order valence-electron chi connectivity index (χ1n) is 8.03. The van der Waals surface area contributed by atoms with Gasteiger partial charge in [0.05, 0.1) is 25.5 Å². The predicted molar refractivity (Wildman–Crippen MR) is 86.4 cm³/mol. The number of anilines is 1. The largest absolute Gasteiger partial charge is 0.497 e. The molecule has 0 radical (unpaired) electrons. The molecule has 5 heteroatoms. The standard InChI is InChI=1S/C18H20N2O3/c1-22-12-6-7-14-13(10-12)16(20-8-2-5-18(20)21)11-15(19-14)17-4-3-9-23-17/h3-4,6-7,9-10,15-16,19H,2,5,8,11H2,1H3/t15-,16-/m0/s1. The lowest BCUT2D eigenvalue weighted by atomic mass is 9.90. The van der Waals surface area contributed by atoms with Crippen LogP contribution < -0.4 is 10.1 Å². The molecule has 4 rings (SSSR count). The molecule has 5 nitrogen and oxygen atoms in total. The van der Waals surface area contributed by atoms with Gasteiger partial charge in [-0.3, -0.25) is 4.79 Å². The molecule has 23 heavy (non-hydrogen) atoms. The molecule has 2 aliphatic rings. The highest BCUT2D eigenvalue weighted by Crippen LogP contribution is 2.44. The van der Waals surface area contributed by atoms with Gasteiger partial charge >= 0.3 is 0 Å². The molecule has 0 aliphatic carbocycles. The minimum absolute atomic E-state index is 0.0615.